The molecular weight excluding hydrogens is 170 g/mol. The number of aliphatic hydroxyl groups excluding tert-OH is 1. The van der Waals surface area contributed by atoms with E-state index in [2.05, 4.69) is 25.4 Å². The van der Waals surface area contributed by atoms with E-state index in [0.717, 1.165) is 19.4 Å². The highest BCUT2D eigenvalue weighted by Gasteiger charge is 2.03. The normalized spacial score (nSPS) is 16.0. The fraction of sp³-hybridized carbons (Fsp3) is 1.00. The molecule has 2 nitrogen and oxygen atoms in total. The molecule has 0 fully saturated rings. The molecule has 12 heavy (non-hydrogen) atoms. The van der Waals surface area contributed by atoms with Gasteiger partial charge in [-0.05, 0) is 26.0 Å². The van der Waals surface area contributed by atoms with Crippen molar-refractivity contribution in [3.8, 4) is 0 Å². The first-order valence-electron chi connectivity index (χ1n) is 4.57. The molecule has 0 saturated heterocycles. The topological polar surface area (TPSA) is 32.3 Å². The van der Waals surface area contributed by atoms with E-state index < -0.39 is 0 Å². The molecule has 74 valence electrons. The summed E-state index contributed by atoms with van der Waals surface area (Å²) in [6.45, 7) is 5.76. The van der Waals surface area contributed by atoms with Crippen molar-refractivity contribution < 1.29 is 5.11 Å². The van der Waals surface area contributed by atoms with Gasteiger partial charge in [0.25, 0.3) is 0 Å². The summed E-state index contributed by atoms with van der Waals surface area (Å²) in [5.74, 6) is 0. The van der Waals surface area contributed by atoms with E-state index in [-0.39, 0.29) is 0 Å². The lowest BCUT2D eigenvalue weighted by atomic mass is 10.2. The van der Waals surface area contributed by atoms with Crippen molar-refractivity contribution in [1.82, 2.24) is 5.32 Å². The second-order valence-corrected chi connectivity index (χ2v) is 4.50. The van der Waals surface area contributed by atoms with Gasteiger partial charge in [0.2, 0.25) is 0 Å². The summed E-state index contributed by atoms with van der Waals surface area (Å²) in [6, 6.07) is 0.534. The molecule has 2 atom stereocenters. The van der Waals surface area contributed by atoms with Crippen LogP contribution < -0.4 is 5.32 Å². The average Bonchev–Trinajstić information content (AvgIpc) is 2.10. The number of aliphatic hydroxyl groups is 1. The fourth-order valence-corrected chi connectivity index (χ4v) is 1.21. The summed E-state index contributed by atoms with van der Waals surface area (Å²) >= 11 is 1.88. The van der Waals surface area contributed by atoms with Crippen molar-refractivity contribution >= 4 is 11.8 Å². The molecule has 0 bridgehead atoms. The molecule has 0 aromatic carbocycles. The van der Waals surface area contributed by atoms with Gasteiger partial charge in [-0.25, -0.2) is 0 Å². The van der Waals surface area contributed by atoms with E-state index in [9.17, 15) is 0 Å². The van der Waals surface area contributed by atoms with Gasteiger partial charge in [0.15, 0.2) is 0 Å². The third-order valence-corrected chi connectivity index (χ3v) is 2.92. The molecule has 0 amide bonds. The van der Waals surface area contributed by atoms with Gasteiger partial charge in [-0.15, -0.1) is 0 Å². The Labute approximate surface area is 80.1 Å². The van der Waals surface area contributed by atoms with Gasteiger partial charge in [-0.1, -0.05) is 6.92 Å². The van der Waals surface area contributed by atoms with Gasteiger partial charge in [-0.2, -0.15) is 11.8 Å². The minimum atomic E-state index is 0.310. The van der Waals surface area contributed by atoms with Crippen molar-refractivity contribution in [2.75, 3.05) is 19.4 Å². The quantitative estimate of drug-likeness (QED) is 0.639. The van der Waals surface area contributed by atoms with Crippen molar-refractivity contribution in [3.63, 3.8) is 0 Å². The molecule has 3 heteroatoms. The van der Waals surface area contributed by atoms with Crippen LogP contribution in [0.2, 0.25) is 0 Å². The molecule has 0 spiro atoms. The smallest absolute Gasteiger partial charge is 0.0431 e. The Morgan fingerprint density at radius 2 is 2.08 bits per heavy atom. The summed E-state index contributed by atoms with van der Waals surface area (Å²) in [7, 11) is 0. The lowest BCUT2D eigenvalue weighted by Crippen LogP contribution is -2.31. The highest BCUT2D eigenvalue weighted by molar-refractivity contribution is 7.99. The predicted octanol–water partition coefficient (Wildman–Crippen LogP) is 1.49. The summed E-state index contributed by atoms with van der Waals surface area (Å²) in [4.78, 5) is 0. The van der Waals surface area contributed by atoms with Crippen LogP contribution in [-0.2, 0) is 0 Å². The molecule has 0 aliphatic rings. The number of thioether (sulfide) groups is 1. The number of hydrogen-bond acceptors (Lipinski definition) is 3. The Balaban J connectivity index is 3.24. The van der Waals surface area contributed by atoms with Gasteiger partial charge in [-0.3, -0.25) is 0 Å². The monoisotopic (exact) mass is 191 g/mol. The average molecular weight is 191 g/mol. The maximum absolute atomic E-state index is 8.61. The Kier molecular flexibility index (Phi) is 8.07. The molecule has 0 aliphatic heterocycles. The largest absolute Gasteiger partial charge is 0.396 e. The molecule has 0 radical (unpaired) electrons. The zero-order valence-corrected chi connectivity index (χ0v) is 9.16. The minimum Gasteiger partial charge on any atom is -0.396 e. The van der Waals surface area contributed by atoms with Crippen molar-refractivity contribution in [3.05, 3.63) is 0 Å². The second kappa shape index (κ2) is 7.90. The first-order valence-corrected chi connectivity index (χ1v) is 5.86. The van der Waals surface area contributed by atoms with E-state index in [1.54, 1.807) is 0 Å². The van der Waals surface area contributed by atoms with Gasteiger partial charge in [0, 0.05) is 24.4 Å². The fourth-order valence-electron chi connectivity index (χ4n) is 0.950. The van der Waals surface area contributed by atoms with Crippen LogP contribution in [0.1, 0.15) is 26.7 Å². The predicted molar refractivity (Wildman–Crippen MR) is 56.8 cm³/mol. The Morgan fingerprint density at radius 3 is 2.58 bits per heavy atom. The highest BCUT2D eigenvalue weighted by atomic mass is 32.2. The minimum absolute atomic E-state index is 0.310. The van der Waals surface area contributed by atoms with Crippen LogP contribution in [0.25, 0.3) is 0 Å². The maximum Gasteiger partial charge on any atom is 0.0431 e. The molecule has 0 rings (SSSR count). The van der Waals surface area contributed by atoms with Gasteiger partial charge < -0.3 is 10.4 Å². The molecule has 2 unspecified atom stereocenters. The first kappa shape index (κ1) is 12.3. The van der Waals surface area contributed by atoms with E-state index in [1.807, 2.05) is 11.8 Å². The third kappa shape index (κ3) is 6.95. The molecular formula is C9H21NOS. The molecule has 2 N–H and O–H groups in total. The van der Waals surface area contributed by atoms with Gasteiger partial charge in [0.05, 0.1) is 0 Å². The molecule has 0 aromatic rings. The zero-order chi connectivity index (χ0) is 9.40. The summed E-state index contributed by atoms with van der Waals surface area (Å²) in [5, 5.41) is 12.7. The number of hydrogen-bond donors (Lipinski definition) is 2. The van der Waals surface area contributed by atoms with E-state index in [1.165, 1.54) is 0 Å². The SMILES string of the molecule is CSC(C)CNC(C)CCCO. The molecule has 0 aromatic heterocycles. The van der Waals surface area contributed by atoms with Gasteiger partial charge >= 0.3 is 0 Å². The van der Waals surface area contributed by atoms with Crippen LogP contribution in [0.5, 0.6) is 0 Å². The van der Waals surface area contributed by atoms with Crippen LogP contribution in [0, 0.1) is 0 Å². The van der Waals surface area contributed by atoms with Crippen molar-refractivity contribution in [2.45, 2.75) is 38.0 Å². The Hall–Kier alpha value is 0.270. The summed E-state index contributed by atoms with van der Waals surface area (Å²) < 4.78 is 0. The maximum atomic E-state index is 8.61. The molecule has 0 aliphatic carbocycles. The Morgan fingerprint density at radius 1 is 1.42 bits per heavy atom. The Bertz CT molecular complexity index is 101. The number of nitrogens with one attached hydrogen (secondary N) is 1. The highest BCUT2D eigenvalue weighted by Crippen LogP contribution is 2.04. The van der Waals surface area contributed by atoms with Crippen molar-refractivity contribution in [2.24, 2.45) is 0 Å². The van der Waals surface area contributed by atoms with Gasteiger partial charge in [0.1, 0.15) is 0 Å². The zero-order valence-electron chi connectivity index (χ0n) is 8.34. The van der Waals surface area contributed by atoms with Crippen LogP contribution in [0.4, 0.5) is 0 Å². The van der Waals surface area contributed by atoms with E-state index in [0.29, 0.717) is 17.9 Å². The van der Waals surface area contributed by atoms with Crippen LogP contribution >= 0.6 is 11.8 Å². The van der Waals surface area contributed by atoms with Crippen LogP contribution in [0.3, 0.4) is 0 Å². The molecule has 0 heterocycles. The van der Waals surface area contributed by atoms with Crippen LogP contribution in [0.15, 0.2) is 0 Å². The molecule has 0 saturated carbocycles. The first-order chi connectivity index (χ1) is 5.70. The van der Waals surface area contributed by atoms with Crippen LogP contribution in [-0.4, -0.2) is 35.8 Å². The lowest BCUT2D eigenvalue weighted by Gasteiger charge is -2.15. The van der Waals surface area contributed by atoms with E-state index >= 15 is 0 Å². The number of rotatable bonds is 7. The standard InChI is InChI=1S/C9H21NOS/c1-8(5-4-6-11)10-7-9(2)12-3/h8-11H,4-7H2,1-3H3. The van der Waals surface area contributed by atoms with Crippen molar-refractivity contribution in [1.29, 1.82) is 0 Å². The van der Waals surface area contributed by atoms with E-state index in [4.69, 9.17) is 5.11 Å². The summed E-state index contributed by atoms with van der Waals surface area (Å²) in [5.41, 5.74) is 0. The summed E-state index contributed by atoms with van der Waals surface area (Å²) in [6.07, 6.45) is 4.10. The second-order valence-electron chi connectivity index (χ2n) is 3.22. The lowest BCUT2D eigenvalue weighted by molar-refractivity contribution is 0.277. The third-order valence-electron chi connectivity index (χ3n) is 1.95.